The molecular formula is C16H20O4. The maximum Gasteiger partial charge on any atom is 0.305 e. The molecule has 0 amide bonds. The predicted octanol–water partition coefficient (Wildman–Crippen LogP) is 3.08. The number of hydrogen-bond acceptors (Lipinski definition) is 3. The number of benzene rings is 1. The van der Waals surface area contributed by atoms with E-state index < -0.39 is 11.8 Å². The minimum Gasteiger partial charge on any atom is -0.481 e. The van der Waals surface area contributed by atoms with Crippen molar-refractivity contribution in [3.63, 3.8) is 0 Å². The third kappa shape index (κ3) is 4.47. The minimum absolute atomic E-state index is 0.00245. The Labute approximate surface area is 119 Å². The Morgan fingerprint density at radius 2 is 2.05 bits per heavy atom. The molecular weight excluding hydrogens is 256 g/mol. The molecule has 4 nitrogen and oxygen atoms in total. The number of carboxylic acids is 1. The van der Waals surface area contributed by atoms with Crippen LogP contribution in [0.5, 0.6) is 0 Å². The van der Waals surface area contributed by atoms with Gasteiger partial charge in [-0.1, -0.05) is 42.5 Å². The molecule has 108 valence electrons. The van der Waals surface area contributed by atoms with E-state index >= 15 is 0 Å². The van der Waals surface area contributed by atoms with Gasteiger partial charge in [0, 0.05) is 6.42 Å². The van der Waals surface area contributed by atoms with Crippen molar-refractivity contribution in [1.82, 2.24) is 0 Å². The standard InChI is InChI=1S/C16H20O4/c1-16(2)19-13(10-14(20-16)11-15(17)18)9-8-12-6-4-3-5-7-12/h3-9,13-14H,10-11H2,1-2H3,(H,17,18)/b9-8+/t13-,14-/m0/s1. The summed E-state index contributed by atoms with van der Waals surface area (Å²) in [5, 5.41) is 8.89. The van der Waals surface area contributed by atoms with E-state index in [9.17, 15) is 4.79 Å². The molecule has 0 spiro atoms. The number of hydrogen-bond donors (Lipinski definition) is 1. The first-order valence-electron chi connectivity index (χ1n) is 6.75. The molecule has 1 heterocycles. The van der Waals surface area contributed by atoms with Gasteiger partial charge in [0.05, 0.1) is 18.6 Å². The van der Waals surface area contributed by atoms with Crippen molar-refractivity contribution in [1.29, 1.82) is 0 Å². The highest BCUT2D eigenvalue weighted by Crippen LogP contribution is 2.29. The van der Waals surface area contributed by atoms with Crippen LogP contribution in [0.1, 0.15) is 32.3 Å². The number of aliphatic carboxylic acids is 1. The summed E-state index contributed by atoms with van der Waals surface area (Å²) in [7, 11) is 0. The van der Waals surface area contributed by atoms with Gasteiger partial charge in [-0.15, -0.1) is 0 Å². The lowest BCUT2D eigenvalue weighted by Gasteiger charge is -2.39. The zero-order valence-electron chi connectivity index (χ0n) is 11.8. The molecule has 2 rings (SSSR count). The van der Waals surface area contributed by atoms with Crippen LogP contribution in [-0.4, -0.2) is 29.1 Å². The molecule has 1 N–H and O–H groups in total. The minimum atomic E-state index is -0.849. The molecule has 0 bridgehead atoms. The molecule has 0 unspecified atom stereocenters. The summed E-state index contributed by atoms with van der Waals surface area (Å²) in [6.07, 6.45) is 4.06. The van der Waals surface area contributed by atoms with Crippen LogP contribution in [0.15, 0.2) is 36.4 Å². The lowest BCUT2D eigenvalue weighted by atomic mass is 10.0. The first-order chi connectivity index (χ1) is 9.44. The van der Waals surface area contributed by atoms with Crippen LogP contribution in [0.25, 0.3) is 6.08 Å². The third-order valence-corrected chi connectivity index (χ3v) is 3.09. The SMILES string of the molecule is CC1(C)O[C@H](CC(=O)O)C[C@H](/C=C/c2ccccc2)O1. The van der Waals surface area contributed by atoms with E-state index in [4.69, 9.17) is 14.6 Å². The summed E-state index contributed by atoms with van der Waals surface area (Å²) >= 11 is 0. The van der Waals surface area contributed by atoms with Crippen molar-refractivity contribution in [2.24, 2.45) is 0 Å². The summed E-state index contributed by atoms with van der Waals surface area (Å²) in [5.74, 6) is -1.61. The molecule has 1 aromatic carbocycles. The largest absolute Gasteiger partial charge is 0.481 e. The first kappa shape index (κ1) is 14.8. The van der Waals surface area contributed by atoms with Crippen LogP contribution in [-0.2, 0) is 14.3 Å². The van der Waals surface area contributed by atoms with Gasteiger partial charge in [-0.05, 0) is 19.4 Å². The van der Waals surface area contributed by atoms with Gasteiger partial charge in [0.15, 0.2) is 5.79 Å². The smallest absolute Gasteiger partial charge is 0.305 e. The lowest BCUT2D eigenvalue weighted by Crippen LogP contribution is -2.44. The van der Waals surface area contributed by atoms with Gasteiger partial charge in [0.1, 0.15) is 0 Å². The summed E-state index contributed by atoms with van der Waals surface area (Å²) < 4.78 is 11.4. The van der Waals surface area contributed by atoms with E-state index in [0.29, 0.717) is 6.42 Å². The van der Waals surface area contributed by atoms with Gasteiger partial charge in [0.2, 0.25) is 0 Å². The number of carbonyl (C=O) groups is 1. The zero-order valence-corrected chi connectivity index (χ0v) is 11.8. The Kier molecular flexibility index (Phi) is 4.57. The van der Waals surface area contributed by atoms with E-state index in [1.54, 1.807) is 0 Å². The van der Waals surface area contributed by atoms with Gasteiger partial charge in [-0.25, -0.2) is 0 Å². The second kappa shape index (κ2) is 6.20. The van der Waals surface area contributed by atoms with Crippen molar-refractivity contribution < 1.29 is 19.4 Å². The Morgan fingerprint density at radius 1 is 1.35 bits per heavy atom. The van der Waals surface area contributed by atoms with Crippen LogP contribution in [0.4, 0.5) is 0 Å². The average Bonchev–Trinajstić information content (AvgIpc) is 2.35. The fraction of sp³-hybridized carbons (Fsp3) is 0.438. The summed E-state index contributed by atoms with van der Waals surface area (Å²) in [6.45, 7) is 3.62. The quantitative estimate of drug-likeness (QED) is 0.918. The second-order valence-electron chi connectivity index (χ2n) is 5.40. The topological polar surface area (TPSA) is 55.8 Å². The van der Waals surface area contributed by atoms with E-state index in [0.717, 1.165) is 5.56 Å². The van der Waals surface area contributed by atoms with Crippen molar-refractivity contribution >= 4 is 12.0 Å². The summed E-state index contributed by atoms with van der Waals surface area (Å²) in [5.41, 5.74) is 1.09. The highest BCUT2D eigenvalue weighted by molar-refractivity contribution is 5.67. The first-order valence-corrected chi connectivity index (χ1v) is 6.75. The number of ether oxygens (including phenoxy) is 2. The average molecular weight is 276 g/mol. The molecule has 1 aromatic rings. The third-order valence-electron chi connectivity index (χ3n) is 3.09. The molecule has 2 atom stereocenters. The molecule has 1 aliphatic rings. The monoisotopic (exact) mass is 276 g/mol. The van der Waals surface area contributed by atoms with Crippen molar-refractivity contribution in [3.8, 4) is 0 Å². The normalized spacial score (nSPS) is 25.7. The fourth-order valence-corrected chi connectivity index (χ4v) is 2.37. The Morgan fingerprint density at radius 3 is 2.70 bits per heavy atom. The highest BCUT2D eigenvalue weighted by Gasteiger charge is 2.35. The maximum absolute atomic E-state index is 10.8. The van der Waals surface area contributed by atoms with Crippen LogP contribution in [0.2, 0.25) is 0 Å². The predicted molar refractivity (Wildman–Crippen MR) is 76.2 cm³/mol. The Bertz CT molecular complexity index is 479. The molecule has 0 aliphatic carbocycles. The van der Waals surface area contributed by atoms with E-state index in [1.807, 2.05) is 56.3 Å². The highest BCUT2D eigenvalue weighted by atomic mass is 16.7. The Hall–Kier alpha value is -1.65. The number of rotatable bonds is 4. The van der Waals surface area contributed by atoms with Gasteiger partial charge < -0.3 is 14.6 Å². The molecule has 0 radical (unpaired) electrons. The maximum atomic E-state index is 10.8. The lowest BCUT2D eigenvalue weighted by molar-refractivity contribution is -0.290. The zero-order chi connectivity index (χ0) is 14.6. The fourth-order valence-electron chi connectivity index (χ4n) is 2.37. The second-order valence-corrected chi connectivity index (χ2v) is 5.40. The van der Waals surface area contributed by atoms with Gasteiger partial charge >= 0.3 is 5.97 Å². The van der Waals surface area contributed by atoms with Crippen LogP contribution >= 0.6 is 0 Å². The van der Waals surface area contributed by atoms with Gasteiger partial charge in [-0.3, -0.25) is 4.79 Å². The molecule has 20 heavy (non-hydrogen) atoms. The summed E-state index contributed by atoms with van der Waals surface area (Å²) in [4.78, 5) is 10.8. The molecule has 1 fully saturated rings. The molecule has 1 saturated heterocycles. The molecule has 0 aromatic heterocycles. The van der Waals surface area contributed by atoms with E-state index in [-0.39, 0.29) is 18.6 Å². The van der Waals surface area contributed by atoms with E-state index in [2.05, 4.69) is 0 Å². The van der Waals surface area contributed by atoms with Crippen molar-refractivity contribution in [2.75, 3.05) is 0 Å². The van der Waals surface area contributed by atoms with Gasteiger partial charge in [-0.2, -0.15) is 0 Å². The van der Waals surface area contributed by atoms with E-state index in [1.165, 1.54) is 0 Å². The van der Waals surface area contributed by atoms with Crippen LogP contribution in [0.3, 0.4) is 0 Å². The van der Waals surface area contributed by atoms with Gasteiger partial charge in [0.25, 0.3) is 0 Å². The Balaban J connectivity index is 2.03. The van der Waals surface area contributed by atoms with Crippen LogP contribution < -0.4 is 0 Å². The molecule has 1 aliphatic heterocycles. The van der Waals surface area contributed by atoms with Crippen LogP contribution in [0, 0.1) is 0 Å². The molecule has 4 heteroatoms. The number of carboxylic acid groups (broad SMARTS) is 1. The summed E-state index contributed by atoms with van der Waals surface area (Å²) in [6, 6.07) is 9.93. The molecule has 0 saturated carbocycles. The van der Waals surface area contributed by atoms with Crippen molar-refractivity contribution in [3.05, 3.63) is 42.0 Å². The van der Waals surface area contributed by atoms with Crippen molar-refractivity contribution in [2.45, 2.75) is 44.7 Å².